The summed E-state index contributed by atoms with van der Waals surface area (Å²) in [6.45, 7) is 1.94. The third kappa shape index (κ3) is 3.55. The molecule has 0 spiro atoms. The van der Waals surface area contributed by atoms with Crippen LogP contribution in [0.25, 0.3) is 0 Å². The van der Waals surface area contributed by atoms with E-state index in [2.05, 4.69) is 0 Å². The smallest absolute Gasteiger partial charge is 0.345 e. The minimum Gasteiger partial charge on any atom is -0.384 e. The molecule has 0 aromatic carbocycles. The molecule has 1 aliphatic rings. The highest BCUT2D eigenvalue weighted by Crippen LogP contribution is 2.54. The lowest BCUT2D eigenvalue weighted by Gasteiger charge is -2.41. The van der Waals surface area contributed by atoms with E-state index >= 15 is 0 Å². The van der Waals surface area contributed by atoms with Gasteiger partial charge in [0.25, 0.3) is 0 Å². The van der Waals surface area contributed by atoms with E-state index in [1.165, 1.54) is 7.11 Å². The molecule has 3 atom stereocenters. The van der Waals surface area contributed by atoms with Gasteiger partial charge in [-0.3, -0.25) is 4.57 Å². The van der Waals surface area contributed by atoms with Gasteiger partial charge < -0.3 is 9.26 Å². The van der Waals surface area contributed by atoms with Crippen molar-refractivity contribution in [2.75, 3.05) is 48.0 Å². The predicted octanol–water partition coefficient (Wildman–Crippen LogP) is 1.23. The van der Waals surface area contributed by atoms with Crippen LogP contribution >= 0.6 is 7.67 Å². The molecule has 0 N–H and O–H groups in total. The molecule has 98 valence electrons. The van der Waals surface area contributed by atoms with Crippen LogP contribution in [-0.2, 0) is 13.8 Å². The normalized spacial score (nSPS) is 30.4. The Morgan fingerprint density at radius 3 is 2.53 bits per heavy atom. The summed E-state index contributed by atoms with van der Waals surface area (Å²) < 4.78 is 26.5. The van der Waals surface area contributed by atoms with E-state index in [-0.39, 0.29) is 5.82 Å². The Bertz CT molecular complexity index is 291. The number of methoxy groups -OCH3 is 1. The lowest BCUT2D eigenvalue weighted by molar-refractivity contribution is 0.110. The van der Waals surface area contributed by atoms with E-state index in [9.17, 15) is 4.57 Å². The Hall–Kier alpha value is 0.135. The fourth-order valence-corrected chi connectivity index (χ4v) is 4.23. The fraction of sp³-hybridized carbons (Fsp3) is 1.00. The van der Waals surface area contributed by atoms with E-state index in [0.29, 0.717) is 25.6 Å². The monoisotopic (exact) mass is 260 g/mol. The number of ether oxygens (including phenoxy) is 1. The van der Waals surface area contributed by atoms with Gasteiger partial charge in [0.05, 0.1) is 14.5 Å². The van der Waals surface area contributed by atoms with E-state index in [1.54, 1.807) is 25.9 Å². The fourth-order valence-electron chi connectivity index (χ4n) is 2.32. The highest BCUT2D eigenvalue weighted by molar-refractivity contribution is 7.53. The van der Waals surface area contributed by atoms with Gasteiger partial charge in [-0.1, -0.05) is 12.2 Å². The molecular formula is C10H22BN2O3P. The number of rotatable bonds is 5. The van der Waals surface area contributed by atoms with Gasteiger partial charge in [0, 0.05) is 27.3 Å². The summed E-state index contributed by atoms with van der Waals surface area (Å²) in [5.41, 5.74) is 0. The van der Waals surface area contributed by atoms with Gasteiger partial charge >= 0.3 is 7.67 Å². The van der Waals surface area contributed by atoms with Crippen LogP contribution < -0.4 is 0 Å². The maximum Gasteiger partial charge on any atom is 0.345 e. The Kier molecular flexibility index (Phi) is 5.67. The van der Waals surface area contributed by atoms with Crippen LogP contribution in [0, 0.1) is 5.92 Å². The minimum absolute atomic E-state index is 0.0207. The topological polar surface area (TPSA) is 42.0 Å². The van der Waals surface area contributed by atoms with E-state index < -0.39 is 7.67 Å². The number of piperidine rings is 1. The molecule has 0 saturated carbocycles. The summed E-state index contributed by atoms with van der Waals surface area (Å²) in [4.78, 5) is 0. The highest BCUT2D eigenvalue weighted by Gasteiger charge is 2.38. The van der Waals surface area contributed by atoms with Crippen molar-refractivity contribution < 1.29 is 13.8 Å². The van der Waals surface area contributed by atoms with Crippen molar-refractivity contribution >= 4 is 15.5 Å². The molecule has 1 rings (SSSR count). The lowest BCUT2D eigenvalue weighted by atomic mass is 9.77. The summed E-state index contributed by atoms with van der Waals surface area (Å²) in [5, 5.41) is 0. The van der Waals surface area contributed by atoms with Gasteiger partial charge in [0.2, 0.25) is 0 Å². The first-order chi connectivity index (χ1) is 7.93. The molecule has 1 saturated heterocycles. The van der Waals surface area contributed by atoms with Crippen molar-refractivity contribution in [2.24, 2.45) is 5.92 Å². The van der Waals surface area contributed by atoms with Gasteiger partial charge in [-0.2, -0.15) is 0 Å². The maximum atomic E-state index is 12.7. The second kappa shape index (κ2) is 6.35. The first-order valence-electron chi connectivity index (χ1n) is 5.77. The number of nitrogens with zero attached hydrogens (tertiary/aromatic N) is 2. The second-order valence-corrected chi connectivity index (χ2v) is 7.42. The first-order valence-corrected chi connectivity index (χ1v) is 7.30. The predicted molar refractivity (Wildman–Crippen MR) is 69.4 cm³/mol. The van der Waals surface area contributed by atoms with Crippen molar-refractivity contribution in [1.82, 2.24) is 9.34 Å². The molecule has 0 amide bonds. The van der Waals surface area contributed by atoms with Crippen molar-refractivity contribution in [2.45, 2.75) is 12.2 Å². The molecule has 5 nitrogen and oxygen atoms in total. The molecule has 1 aliphatic heterocycles. The van der Waals surface area contributed by atoms with Crippen LogP contribution in [0.15, 0.2) is 0 Å². The molecule has 1 fully saturated rings. The molecule has 17 heavy (non-hydrogen) atoms. The third-order valence-corrected chi connectivity index (χ3v) is 5.58. The van der Waals surface area contributed by atoms with Crippen LogP contribution in [-0.4, -0.2) is 65.2 Å². The first kappa shape index (κ1) is 15.2. The highest BCUT2D eigenvalue weighted by atomic mass is 31.2. The zero-order chi connectivity index (χ0) is 13.1. The largest absolute Gasteiger partial charge is 0.384 e. The van der Waals surface area contributed by atoms with Gasteiger partial charge in [0.1, 0.15) is 0 Å². The quantitative estimate of drug-likeness (QED) is 0.549. The average Bonchev–Trinajstić information content (AvgIpc) is 2.27. The maximum absolute atomic E-state index is 12.7. The molecule has 7 heteroatoms. The number of hydrogen-bond acceptors (Lipinski definition) is 3. The summed E-state index contributed by atoms with van der Waals surface area (Å²) in [6, 6.07) is 0. The van der Waals surface area contributed by atoms with Crippen molar-refractivity contribution in [1.29, 1.82) is 0 Å². The SMILES string of the molecule is [B][C@@H]1C[C@H](COC)CN(P(=O)(OC)N(C)C)C1. The standard InChI is InChI=1S/C10H22BN2O3P/c1-12(2)17(14,16-4)13-6-9(8-15-3)5-10(11)7-13/h9-10H,5-8H2,1-4H3/t9-,10+,17?/m0/s1. The Labute approximate surface area is 105 Å². The van der Waals surface area contributed by atoms with Crippen LogP contribution in [0.4, 0.5) is 0 Å². The summed E-state index contributed by atoms with van der Waals surface area (Å²) in [5.74, 6) is 0.333. The van der Waals surface area contributed by atoms with Gasteiger partial charge in [-0.15, -0.1) is 0 Å². The number of hydrogen-bond donors (Lipinski definition) is 0. The van der Waals surface area contributed by atoms with Gasteiger partial charge in [0.15, 0.2) is 0 Å². The molecule has 0 aromatic rings. The van der Waals surface area contributed by atoms with Gasteiger partial charge in [-0.25, -0.2) is 9.34 Å². The van der Waals surface area contributed by atoms with Crippen molar-refractivity contribution in [3.8, 4) is 0 Å². The molecular weight excluding hydrogens is 238 g/mol. The zero-order valence-corrected chi connectivity index (χ0v) is 12.0. The van der Waals surface area contributed by atoms with Crippen LogP contribution in [0.2, 0.25) is 5.82 Å². The van der Waals surface area contributed by atoms with Crippen LogP contribution in [0.3, 0.4) is 0 Å². The average molecular weight is 260 g/mol. The molecule has 0 bridgehead atoms. The molecule has 1 heterocycles. The molecule has 2 radical (unpaired) electrons. The minimum atomic E-state index is -2.91. The summed E-state index contributed by atoms with van der Waals surface area (Å²) in [6.07, 6.45) is 0.904. The zero-order valence-electron chi connectivity index (χ0n) is 11.1. The molecule has 1 unspecified atom stereocenters. The van der Waals surface area contributed by atoms with Crippen LogP contribution in [0.5, 0.6) is 0 Å². The third-order valence-electron chi connectivity index (χ3n) is 3.05. The second-order valence-electron chi connectivity index (χ2n) is 4.71. The Balaban J connectivity index is 2.78. The van der Waals surface area contributed by atoms with Gasteiger partial charge in [-0.05, 0) is 20.0 Å². The van der Waals surface area contributed by atoms with E-state index in [4.69, 9.17) is 17.1 Å². The Morgan fingerprint density at radius 1 is 1.41 bits per heavy atom. The molecule has 0 aromatic heterocycles. The lowest BCUT2D eigenvalue weighted by Crippen LogP contribution is -2.40. The summed E-state index contributed by atoms with van der Waals surface area (Å²) in [7, 11) is 9.76. The van der Waals surface area contributed by atoms with Crippen molar-refractivity contribution in [3.63, 3.8) is 0 Å². The Morgan fingerprint density at radius 2 is 2.06 bits per heavy atom. The van der Waals surface area contributed by atoms with E-state index in [1.807, 2.05) is 4.67 Å². The van der Waals surface area contributed by atoms with Crippen molar-refractivity contribution in [3.05, 3.63) is 0 Å². The summed E-state index contributed by atoms with van der Waals surface area (Å²) >= 11 is 0. The van der Waals surface area contributed by atoms with Crippen LogP contribution in [0.1, 0.15) is 6.42 Å². The molecule has 0 aliphatic carbocycles. The van der Waals surface area contributed by atoms with E-state index in [0.717, 1.165) is 6.42 Å².